The molecule has 0 aromatic heterocycles. The van der Waals surface area contributed by atoms with Crippen molar-refractivity contribution in [2.24, 2.45) is 11.8 Å². The Kier molecular flexibility index (Phi) is 4.70. The minimum Gasteiger partial charge on any atom is -0.298 e. The van der Waals surface area contributed by atoms with Crippen molar-refractivity contribution in [3.8, 4) is 0 Å². The minimum absolute atomic E-state index is 0.216. The average molecular weight is 263 g/mol. The number of ketones is 1. The van der Waals surface area contributed by atoms with Crippen molar-refractivity contribution in [3.05, 3.63) is 35.6 Å². The van der Waals surface area contributed by atoms with E-state index in [1.54, 1.807) is 12.1 Å². The van der Waals surface area contributed by atoms with Gasteiger partial charge in [-0.25, -0.2) is 4.39 Å². The number of carbonyl (C=O) groups excluding carboxylic acids is 1. The van der Waals surface area contributed by atoms with E-state index in [0.29, 0.717) is 18.9 Å². The second-order valence-corrected chi connectivity index (χ2v) is 5.82. The third-order valence-electron chi connectivity index (χ3n) is 4.13. The van der Waals surface area contributed by atoms with E-state index in [9.17, 15) is 9.18 Å². The number of Topliss-reactive ketones (excluding diaryl/α,β-unsaturated/α-hetero) is 1. The highest BCUT2D eigenvalue weighted by Gasteiger charge is 2.23. The SMILES string of the molecule is CC1CCN(CC(=O)Cc2ccc(F)cc2)CC1C. The molecular weight excluding hydrogens is 241 g/mol. The van der Waals surface area contributed by atoms with Crippen LogP contribution in [0.2, 0.25) is 0 Å². The third kappa shape index (κ3) is 4.13. The Morgan fingerprint density at radius 1 is 1.26 bits per heavy atom. The highest BCUT2D eigenvalue weighted by Crippen LogP contribution is 2.22. The summed E-state index contributed by atoms with van der Waals surface area (Å²) in [5.74, 6) is 1.37. The first kappa shape index (κ1) is 14.2. The van der Waals surface area contributed by atoms with Crippen molar-refractivity contribution >= 4 is 5.78 Å². The van der Waals surface area contributed by atoms with Gasteiger partial charge in [-0.05, 0) is 42.5 Å². The number of halogens is 1. The first-order valence-corrected chi connectivity index (χ1v) is 7.03. The Bertz CT molecular complexity index is 429. The maximum Gasteiger partial charge on any atom is 0.151 e. The predicted octanol–water partition coefficient (Wildman–Crippen LogP) is 2.92. The van der Waals surface area contributed by atoms with Gasteiger partial charge >= 0.3 is 0 Å². The van der Waals surface area contributed by atoms with Gasteiger partial charge < -0.3 is 0 Å². The lowest BCUT2D eigenvalue weighted by molar-refractivity contribution is -0.120. The number of carbonyl (C=O) groups is 1. The van der Waals surface area contributed by atoms with Crippen molar-refractivity contribution in [2.75, 3.05) is 19.6 Å². The summed E-state index contributed by atoms with van der Waals surface area (Å²) in [7, 11) is 0. The smallest absolute Gasteiger partial charge is 0.151 e. The molecule has 0 radical (unpaired) electrons. The number of rotatable bonds is 4. The van der Waals surface area contributed by atoms with Crippen LogP contribution in [0.3, 0.4) is 0 Å². The summed E-state index contributed by atoms with van der Waals surface area (Å²) >= 11 is 0. The summed E-state index contributed by atoms with van der Waals surface area (Å²) in [5.41, 5.74) is 0.893. The van der Waals surface area contributed by atoms with Crippen LogP contribution in [0.4, 0.5) is 4.39 Å². The predicted molar refractivity (Wildman–Crippen MR) is 74.5 cm³/mol. The second kappa shape index (κ2) is 6.29. The molecule has 0 amide bonds. The summed E-state index contributed by atoms with van der Waals surface area (Å²) < 4.78 is 12.8. The van der Waals surface area contributed by atoms with E-state index in [1.807, 2.05) is 0 Å². The molecule has 2 unspecified atom stereocenters. The van der Waals surface area contributed by atoms with Crippen molar-refractivity contribution in [1.82, 2.24) is 4.90 Å². The van der Waals surface area contributed by atoms with Gasteiger partial charge in [-0.1, -0.05) is 26.0 Å². The van der Waals surface area contributed by atoms with E-state index in [4.69, 9.17) is 0 Å². The molecule has 2 rings (SSSR count). The van der Waals surface area contributed by atoms with Gasteiger partial charge in [-0.15, -0.1) is 0 Å². The molecule has 0 aliphatic carbocycles. The van der Waals surface area contributed by atoms with Crippen LogP contribution in [0, 0.1) is 17.7 Å². The quantitative estimate of drug-likeness (QED) is 0.832. The van der Waals surface area contributed by atoms with Gasteiger partial charge in [0.1, 0.15) is 5.82 Å². The molecule has 1 heterocycles. The molecular formula is C16H22FNO. The Balaban J connectivity index is 1.83. The van der Waals surface area contributed by atoms with Crippen molar-refractivity contribution in [3.63, 3.8) is 0 Å². The largest absolute Gasteiger partial charge is 0.298 e. The van der Waals surface area contributed by atoms with E-state index in [0.717, 1.165) is 24.6 Å². The minimum atomic E-state index is -0.255. The van der Waals surface area contributed by atoms with E-state index in [2.05, 4.69) is 18.7 Å². The third-order valence-corrected chi connectivity index (χ3v) is 4.13. The zero-order valence-electron chi connectivity index (χ0n) is 11.7. The fourth-order valence-corrected chi connectivity index (χ4v) is 2.63. The van der Waals surface area contributed by atoms with Crippen molar-refractivity contribution in [1.29, 1.82) is 0 Å². The molecule has 0 N–H and O–H groups in total. The van der Waals surface area contributed by atoms with Gasteiger partial charge in [-0.3, -0.25) is 9.69 Å². The van der Waals surface area contributed by atoms with Crippen LogP contribution < -0.4 is 0 Å². The topological polar surface area (TPSA) is 20.3 Å². The summed E-state index contributed by atoms with van der Waals surface area (Å²) in [6, 6.07) is 6.20. The van der Waals surface area contributed by atoms with Crippen molar-refractivity contribution < 1.29 is 9.18 Å². The van der Waals surface area contributed by atoms with Gasteiger partial charge in [0.25, 0.3) is 0 Å². The molecule has 1 aliphatic heterocycles. The van der Waals surface area contributed by atoms with Crippen LogP contribution in [0.1, 0.15) is 25.8 Å². The number of benzene rings is 1. The van der Waals surface area contributed by atoms with Gasteiger partial charge in [-0.2, -0.15) is 0 Å². The second-order valence-electron chi connectivity index (χ2n) is 5.82. The summed E-state index contributed by atoms with van der Waals surface area (Å²) in [4.78, 5) is 14.3. The Labute approximate surface area is 114 Å². The first-order chi connectivity index (χ1) is 9.04. The molecule has 0 bridgehead atoms. The highest BCUT2D eigenvalue weighted by atomic mass is 19.1. The normalized spacial score (nSPS) is 24.4. The zero-order chi connectivity index (χ0) is 13.8. The van der Waals surface area contributed by atoms with Gasteiger partial charge in [0.2, 0.25) is 0 Å². The van der Waals surface area contributed by atoms with E-state index in [1.165, 1.54) is 18.6 Å². The number of hydrogen-bond acceptors (Lipinski definition) is 2. The number of nitrogens with zero attached hydrogens (tertiary/aromatic N) is 1. The van der Waals surface area contributed by atoms with Crippen LogP contribution in [-0.4, -0.2) is 30.3 Å². The van der Waals surface area contributed by atoms with Crippen LogP contribution in [0.5, 0.6) is 0 Å². The first-order valence-electron chi connectivity index (χ1n) is 7.03. The number of hydrogen-bond donors (Lipinski definition) is 0. The van der Waals surface area contributed by atoms with Crippen LogP contribution in [-0.2, 0) is 11.2 Å². The molecule has 3 heteroatoms. The molecule has 0 spiro atoms. The van der Waals surface area contributed by atoms with Gasteiger partial charge in [0, 0.05) is 13.0 Å². The lowest BCUT2D eigenvalue weighted by Gasteiger charge is -2.34. The Morgan fingerprint density at radius 3 is 2.58 bits per heavy atom. The molecule has 0 saturated carbocycles. The van der Waals surface area contributed by atoms with E-state index >= 15 is 0 Å². The lowest BCUT2D eigenvalue weighted by Crippen LogP contribution is -2.41. The molecule has 1 saturated heterocycles. The van der Waals surface area contributed by atoms with Gasteiger partial charge in [0.15, 0.2) is 5.78 Å². The maximum atomic E-state index is 12.8. The van der Waals surface area contributed by atoms with Crippen LogP contribution in [0.15, 0.2) is 24.3 Å². The molecule has 1 aliphatic rings. The van der Waals surface area contributed by atoms with Crippen LogP contribution in [0.25, 0.3) is 0 Å². The summed E-state index contributed by atoms with van der Waals surface area (Å²) in [6.45, 7) is 7.08. The fraction of sp³-hybridized carbons (Fsp3) is 0.562. The Morgan fingerprint density at radius 2 is 1.95 bits per heavy atom. The Hall–Kier alpha value is -1.22. The number of piperidine rings is 1. The van der Waals surface area contributed by atoms with Crippen LogP contribution >= 0.6 is 0 Å². The summed E-state index contributed by atoms with van der Waals surface area (Å²) in [6.07, 6.45) is 1.58. The standard InChI is InChI=1S/C16H22FNO/c1-12-7-8-18(10-13(12)2)11-16(19)9-14-3-5-15(17)6-4-14/h3-6,12-13H,7-11H2,1-2H3. The average Bonchev–Trinajstić information content (AvgIpc) is 2.37. The summed E-state index contributed by atoms with van der Waals surface area (Å²) in [5, 5.41) is 0. The molecule has 2 atom stereocenters. The molecule has 1 fully saturated rings. The number of likely N-dealkylation sites (tertiary alicyclic amines) is 1. The molecule has 1 aromatic carbocycles. The zero-order valence-corrected chi connectivity index (χ0v) is 11.7. The lowest BCUT2D eigenvalue weighted by atomic mass is 9.88. The molecule has 1 aromatic rings. The van der Waals surface area contributed by atoms with Crippen molar-refractivity contribution in [2.45, 2.75) is 26.7 Å². The van der Waals surface area contributed by atoms with E-state index < -0.39 is 0 Å². The molecule has 104 valence electrons. The monoisotopic (exact) mass is 263 g/mol. The van der Waals surface area contributed by atoms with E-state index in [-0.39, 0.29) is 11.6 Å². The molecule has 2 nitrogen and oxygen atoms in total. The maximum absolute atomic E-state index is 12.8. The fourth-order valence-electron chi connectivity index (χ4n) is 2.63. The highest BCUT2D eigenvalue weighted by molar-refractivity contribution is 5.82. The van der Waals surface area contributed by atoms with Gasteiger partial charge in [0.05, 0.1) is 6.54 Å². The molecule has 19 heavy (non-hydrogen) atoms.